The van der Waals surface area contributed by atoms with Gasteiger partial charge in [-0.15, -0.1) is 0 Å². The first-order valence-corrected chi connectivity index (χ1v) is 6.51. The number of nitrogens with one attached hydrogen (secondary N) is 1. The van der Waals surface area contributed by atoms with Gasteiger partial charge in [-0.25, -0.2) is 4.98 Å². The second-order valence-corrected chi connectivity index (χ2v) is 5.31. The second kappa shape index (κ2) is 5.27. The molecule has 5 heteroatoms. The summed E-state index contributed by atoms with van der Waals surface area (Å²) in [5.74, 6) is 0.659. The van der Waals surface area contributed by atoms with E-state index >= 15 is 0 Å². The van der Waals surface area contributed by atoms with E-state index < -0.39 is 0 Å². The van der Waals surface area contributed by atoms with Crippen LogP contribution in [0.4, 0.5) is 0 Å². The smallest absolute Gasteiger partial charge is 0.228 e. The lowest BCUT2D eigenvalue weighted by atomic mass is 10.2. The Bertz CT molecular complexity index is 340. The Kier molecular flexibility index (Phi) is 3.99. The molecule has 0 amide bonds. The molecule has 82 valence electrons. The molecular weight excluding hydrogens is 324 g/mol. The zero-order chi connectivity index (χ0) is 10.7. The average Bonchev–Trinajstić information content (AvgIpc) is 2.69. The Morgan fingerprint density at radius 3 is 3.07 bits per heavy atom. The van der Waals surface area contributed by atoms with Crippen molar-refractivity contribution < 1.29 is 4.74 Å². The number of ether oxygens (including phenoxy) is 1. The van der Waals surface area contributed by atoms with E-state index in [2.05, 4.69) is 42.2 Å². The van der Waals surface area contributed by atoms with Gasteiger partial charge in [0, 0.05) is 16.7 Å². The van der Waals surface area contributed by atoms with E-state index in [-0.39, 0.29) is 0 Å². The summed E-state index contributed by atoms with van der Waals surface area (Å²) >= 11 is 6.77. The predicted molar refractivity (Wildman–Crippen MR) is 66.2 cm³/mol. The van der Waals surface area contributed by atoms with Crippen LogP contribution < -0.4 is 10.1 Å². The molecule has 1 aliphatic rings. The van der Waals surface area contributed by atoms with Gasteiger partial charge in [-0.3, -0.25) is 0 Å². The third-order valence-corrected chi connectivity index (χ3v) is 3.36. The van der Waals surface area contributed by atoms with Crippen molar-refractivity contribution in [3.63, 3.8) is 0 Å². The van der Waals surface area contributed by atoms with Crippen molar-refractivity contribution in [1.29, 1.82) is 0 Å². The Balaban J connectivity index is 1.92. The van der Waals surface area contributed by atoms with Crippen molar-refractivity contribution in [2.45, 2.75) is 18.9 Å². The zero-order valence-electron chi connectivity index (χ0n) is 8.17. The van der Waals surface area contributed by atoms with Gasteiger partial charge in [0.25, 0.3) is 0 Å². The summed E-state index contributed by atoms with van der Waals surface area (Å²) in [6, 6.07) is 2.41. The van der Waals surface area contributed by atoms with Gasteiger partial charge >= 0.3 is 0 Å². The lowest BCUT2D eigenvalue weighted by Crippen LogP contribution is -2.28. The van der Waals surface area contributed by atoms with Crippen LogP contribution in [0.5, 0.6) is 5.88 Å². The molecule has 0 aromatic carbocycles. The normalized spacial score (nSPS) is 20.5. The summed E-state index contributed by atoms with van der Waals surface area (Å²) in [6.07, 6.45) is 4.17. The van der Waals surface area contributed by atoms with Crippen LogP contribution in [0.2, 0.25) is 0 Å². The van der Waals surface area contributed by atoms with Crippen LogP contribution in [0.1, 0.15) is 12.8 Å². The van der Waals surface area contributed by atoms with Crippen LogP contribution in [0.15, 0.2) is 21.2 Å². The third kappa shape index (κ3) is 3.16. The Morgan fingerprint density at radius 1 is 1.53 bits per heavy atom. The first-order chi connectivity index (χ1) is 7.25. The summed E-state index contributed by atoms with van der Waals surface area (Å²) in [5, 5.41) is 3.38. The highest BCUT2D eigenvalue weighted by molar-refractivity contribution is 9.11. The Labute approximate surface area is 106 Å². The molecule has 3 nitrogen and oxygen atoms in total. The minimum absolute atomic E-state index is 0.474. The van der Waals surface area contributed by atoms with Crippen LogP contribution in [0.25, 0.3) is 0 Å². The van der Waals surface area contributed by atoms with Crippen LogP contribution in [-0.2, 0) is 0 Å². The maximum atomic E-state index is 5.63. The third-order valence-electron chi connectivity index (χ3n) is 2.36. The highest BCUT2D eigenvalue weighted by Gasteiger charge is 2.15. The Morgan fingerprint density at radius 2 is 2.40 bits per heavy atom. The highest BCUT2D eigenvalue weighted by Crippen LogP contribution is 2.25. The van der Waals surface area contributed by atoms with Gasteiger partial charge in [0.15, 0.2) is 0 Å². The summed E-state index contributed by atoms with van der Waals surface area (Å²) in [5.41, 5.74) is 0. The van der Waals surface area contributed by atoms with Crippen molar-refractivity contribution in [3.8, 4) is 5.88 Å². The van der Waals surface area contributed by atoms with Crippen molar-refractivity contribution in [2.24, 2.45) is 0 Å². The van der Waals surface area contributed by atoms with Crippen LogP contribution in [0.3, 0.4) is 0 Å². The fourth-order valence-electron chi connectivity index (χ4n) is 1.59. The van der Waals surface area contributed by atoms with E-state index in [1.54, 1.807) is 6.20 Å². The molecule has 2 heterocycles. The van der Waals surface area contributed by atoms with Crippen molar-refractivity contribution >= 4 is 31.9 Å². The maximum absolute atomic E-state index is 5.63. The molecule has 1 atom stereocenters. The number of halogens is 2. The monoisotopic (exact) mass is 334 g/mol. The first kappa shape index (κ1) is 11.4. The van der Waals surface area contributed by atoms with E-state index in [1.165, 1.54) is 12.8 Å². The summed E-state index contributed by atoms with van der Waals surface area (Å²) in [4.78, 5) is 4.20. The number of aromatic nitrogens is 1. The number of hydrogen-bond acceptors (Lipinski definition) is 3. The lowest BCUT2D eigenvalue weighted by molar-refractivity contribution is 0.266. The molecule has 1 aliphatic heterocycles. The van der Waals surface area contributed by atoms with Crippen LogP contribution in [-0.4, -0.2) is 24.2 Å². The number of hydrogen-bond donors (Lipinski definition) is 1. The molecule has 1 aromatic rings. The van der Waals surface area contributed by atoms with Gasteiger partial charge in [0.05, 0.1) is 4.47 Å². The molecule has 0 spiro atoms. The van der Waals surface area contributed by atoms with Gasteiger partial charge in [-0.2, -0.15) is 0 Å². The average molecular weight is 336 g/mol. The molecule has 1 fully saturated rings. The lowest BCUT2D eigenvalue weighted by Gasteiger charge is -2.12. The van der Waals surface area contributed by atoms with Gasteiger partial charge in [0.1, 0.15) is 6.61 Å². The second-order valence-electron chi connectivity index (χ2n) is 3.54. The predicted octanol–water partition coefficient (Wildman–Crippen LogP) is 2.74. The molecule has 0 radical (unpaired) electrons. The van der Waals surface area contributed by atoms with Crippen molar-refractivity contribution in [2.75, 3.05) is 13.2 Å². The molecule has 1 unspecified atom stereocenters. The van der Waals surface area contributed by atoms with Gasteiger partial charge in [-0.1, -0.05) is 0 Å². The number of nitrogens with zero attached hydrogens (tertiary/aromatic N) is 1. The minimum atomic E-state index is 0.474. The van der Waals surface area contributed by atoms with E-state index in [9.17, 15) is 0 Å². The molecular formula is C10H12Br2N2O. The van der Waals surface area contributed by atoms with Crippen molar-refractivity contribution in [3.05, 3.63) is 21.2 Å². The van der Waals surface area contributed by atoms with Crippen LogP contribution in [0, 0.1) is 0 Å². The molecule has 0 bridgehead atoms. The molecule has 1 N–H and O–H groups in total. The molecule has 0 saturated carbocycles. The van der Waals surface area contributed by atoms with Crippen LogP contribution >= 0.6 is 31.9 Å². The van der Waals surface area contributed by atoms with E-state index in [0.29, 0.717) is 18.5 Å². The quantitative estimate of drug-likeness (QED) is 0.922. The first-order valence-electron chi connectivity index (χ1n) is 4.93. The summed E-state index contributed by atoms with van der Waals surface area (Å²) in [6.45, 7) is 1.79. The van der Waals surface area contributed by atoms with Gasteiger partial charge in [0.2, 0.25) is 5.88 Å². The standard InChI is InChI=1S/C10H12Br2N2O/c11-7-4-9(12)10(14-5-7)15-6-8-2-1-3-13-8/h4-5,8,13H,1-3,6H2. The largest absolute Gasteiger partial charge is 0.475 e. The molecule has 15 heavy (non-hydrogen) atoms. The van der Waals surface area contributed by atoms with Gasteiger partial charge < -0.3 is 10.1 Å². The summed E-state index contributed by atoms with van der Waals surface area (Å²) < 4.78 is 7.46. The number of rotatable bonds is 3. The summed E-state index contributed by atoms with van der Waals surface area (Å²) in [7, 11) is 0. The maximum Gasteiger partial charge on any atom is 0.228 e. The zero-order valence-corrected chi connectivity index (χ0v) is 11.3. The molecule has 0 aliphatic carbocycles. The number of pyridine rings is 1. The molecule has 1 saturated heterocycles. The fourth-order valence-corrected chi connectivity index (χ4v) is 2.69. The Hall–Kier alpha value is -0.130. The SMILES string of the molecule is Brc1cnc(OCC2CCCN2)c(Br)c1. The highest BCUT2D eigenvalue weighted by atomic mass is 79.9. The molecule has 2 rings (SSSR count). The van der Waals surface area contributed by atoms with E-state index in [1.807, 2.05) is 6.07 Å². The van der Waals surface area contributed by atoms with Crippen molar-refractivity contribution in [1.82, 2.24) is 10.3 Å². The molecule has 1 aromatic heterocycles. The van der Waals surface area contributed by atoms with E-state index in [4.69, 9.17) is 4.74 Å². The fraction of sp³-hybridized carbons (Fsp3) is 0.500. The minimum Gasteiger partial charge on any atom is -0.475 e. The topological polar surface area (TPSA) is 34.1 Å². The van der Waals surface area contributed by atoms with Gasteiger partial charge in [-0.05, 0) is 57.3 Å². The van der Waals surface area contributed by atoms with E-state index in [0.717, 1.165) is 15.5 Å².